The number of benzene rings is 2. The largest absolute Gasteiger partial charge is 0.352 e. The van der Waals surface area contributed by atoms with E-state index >= 15 is 0 Å². The Labute approximate surface area is 167 Å². The summed E-state index contributed by atoms with van der Waals surface area (Å²) in [7, 11) is 0. The average molecular weight is 383 g/mol. The van der Waals surface area contributed by atoms with E-state index in [4.69, 9.17) is 0 Å². The summed E-state index contributed by atoms with van der Waals surface area (Å²) in [5, 5.41) is 0. The molecular weight excluding hydrogens is 362 g/mol. The minimum atomic E-state index is -0.264. The van der Waals surface area contributed by atoms with Gasteiger partial charge in [-0.05, 0) is 30.2 Å². The van der Waals surface area contributed by atoms with Gasteiger partial charge in [-0.15, -0.1) is 0 Å². The predicted molar refractivity (Wildman–Crippen MR) is 112 cm³/mol. The summed E-state index contributed by atoms with van der Waals surface area (Å²) in [5.41, 5.74) is 3.75. The Morgan fingerprint density at radius 2 is 1.45 bits per heavy atom. The summed E-state index contributed by atoms with van der Waals surface area (Å²) >= 11 is 0. The van der Waals surface area contributed by atoms with E-state index in [9.17, 15) is 9.59 Å². The Bertz CT molecular complexity index is 1320. The molecule has 1 aromatic heterocycles. The van der Waals surface area contributed by atoms with Gasteiger partial charge in [-0.2, -0.15) is 0 Å². The highest BCUT2D eigenvalue weighted by atomic mass is 16.2. The topological polar surface area (TPSA) is 48.9 Å². The summed E-state index contributed by atoms with van der Waals surface area (Å²) in [6, 6.07) is 19.3. The van der Waals surface area contributed by atoms with Crippen molar-refractivity contribution in [2.45, 2.75) is 25.9 Å². The van der Waals surface area contributed by atoms with E-state index in [1.165, 1.54) is 21.3 Å². The van der Waals surface area contributed by atoms with Gasteiger partial charge in [-0.25, -0.2) is 23.5 Å². The number of para-hydroxylation sites is 1. The molecule has 4 atom stereocenters. The van der Waals surface area contributed by atoms with E-state index in [0.29, 0.717) is 5.69 Å². The third-order valence-corrected chi connectivity index (χ3v) is 7.27. The van der Waals surface area contributed by atoms with Gasteiger partial charge < -0.3 is 0 Å². The first-order valence-corrected chi connectivity index (χ1v) is 10.0. The molecule has 0 spiro atoms. The van der Waals surface area contributed by atoms with Crippen molar-refractivity contribution in [3.8, 4) is 5.69 Å². The lowest BCUT2D eigenvalue weighted by Crippen LogP contribution is -2.59. The Balaban J connectivity index is 1.59. The van der Waals surface area contributed by atoms with Crippen molar-refractivity contribution in [2.75, 3.05) is 0 Å². The van der Waals surface area contributed by atoms with E-state index in [1.54, 1.807) is 21.5 Å². The first-order chi connectivity index (χ1) is 14.0. The van der Waals surface area contributed by atoms with Crippen LogP contribution < -0.4 is 11.4 Å². The highest BCUT2D eigenvalue weighted by Crippen LogP contribution is 2.68. The summed E-state index contributed by atoms with van der Waals surface area (Å²) in [4.78, 5) is 26.7. The van der Waals surface area contributed by atoms with Gasteiger partial charge in [0.15, 0.2) is 0 Å². The van der Waals surface area contributed by atoms with Crippen LogP contribution in [0.25, 0.3) is 11.3 Å². The minimum Gasteiger partial charge on any atom is -0.245 e. The number of aromatic nitrogens is 3. The van der Waals surface area contributed by atoms with Gasteiger partial charge in [0.25, 0.3) is 0 Å². The maximum absolute atomic E-state index is 13.4. The molecule has 144 valence electrons. The maximum Gasteiger partial charge on any atom is 0.352 e. The fraction of sp³-hybridized carbons (Fsp3) is 0.250. The second kappa shape index (κ2) is 5.38. The average Bonchev–Trinajstić information content (AvgIpc) is 3.03. The van der Waals surface area contributed by atoms with Crippen molar-refractivity contribution in [3.05, 3.63) is 105 Å². The van der Waals surface area contributed by atoms with Gasteiger partial charge in [-0.1, -0.05) is 73.2 Å². The van der Waals surface area contributed by atoms with E-state index in [1.807, 2.05) is 24.3 Å². The molecule has 0 fully saturated rings. The molecule has 29 heavy (non-hydrogen) atoms. The van der Waals surface area contributed by atoms with E-state index < -0.39 is 0 Å². The van der Waals surface area contributed by atoms with Crippen LogP contribution in [0.3, 0.4) is 0 Å². The SMILES string of the molecule is CC1=C(c2ccccc2)[C@H]2[C@@H]3C=C[C@H](n4c(=O)n(-c5ccccc5)c(=O)n43)[C@@]12C. The molecule has 5 heteroatoms. The van der Waals surface area contributed by atoms with Gasteiger partial charge in [0.05, 0.1) is 17.8 Å². The Kier molecular flexibility index (Phi) is 3.08. The summed E-state index contributed by atoms with van der Waals surface area (Å²) in [6.45, 7) is 4.41. The number of nitrogens with zero attached hydrogens (tertiary/aromatic N) is 3. The monoisotopic (exact) mass is 383 g/mol. The summed E-state index contributed by atoms with van der Waals surface area (Å²) in [5.74, 6) is 0.184. The third-order valence-electron chi connectivity index (χ3n) is 7.27. The molecule has 3 heterocycles. The molecule has 2 aromatic carbocycles. The lowest BCUT2D eigenvalue weighted by molar-refractivity contribution is 0.0516. The molecule has 4 aliphatic rings. The van der Waals surface area contributed by atoms with Crippen LogP contribution in [0, 0.1) is 11.3 Å². The molecule has 2 aliphatic heterocycles. The lowest BCUT2D eigenvalue weighted by Gasteiger charge is -2.61. The molecule has 0 N–H and O–H groups in total. The van der Waals surface area contributed by atoms with Gasteiger partial charge in [0.2, 0.25) is 0 Å². The highest BCUT2D eigenvalue weighted by molar-refractivity contribution is 5.80. The van der Waals surface area contributed by atoms with Crippen LogP contribution in [-0.4, -0.2) is 13.9 Å². The fourth-order valence-electron chi connectivity index (χ4n) is 5.81. The second-order valence-corrected chi connectivity index (χ2v) is 8.41. The van der Waals surface area contributed by atoms with Crippen LogP contribution in [-0.2, 0) is 0 Å². The smallest absolute Gasteiger partial charge is 0.245 e. The van der Waals surface area contributed by atoms with Gasteiger partial charge in [0.1, 0.15) is 0 Å². The van der Waals surface area contributed by atoms with Crippen molar-refractivity contribution in [2.24, 2.45) is 11.3 Å². The fourth-order valence-corrected chi connectivity index (χ4v) is 5.81. The third kappa shape index (κ3) is 1.81. The van der Waals surface area contributed by atoms with Crippen molar-refractivity contribution >= 4 is 5.57 Å². The zero-order chi connectivity index (χ0) is 19.9. The molecule has 0 unspecified atom stereocenters. The van der Waals surface area contributed by atoms with Crippen LogP contribution in [0.4, 0.5) is 0 Å². The number of hydrogen-bond acceptors (Lipinski definition) is 2. The van der Waals surface area contributed by atoms with Crippen molar-refractivity contribution in [3.63, 3.8) is 0 Å². The molecule has 3 aromatic rings. The first-order valence-electron chi connectivity index (χ1n) is 10.0. The predicted octanol–water partition coefficient (Wildman–Crippen LogP) is 3.58. The molecule has 7 rings (SSSR count). The zero-order valence-electron chi connectivity index (χ0n) is 16.3. The quantitative estimate of drug-likeness (QED) is 0.635. The summed E-state index contributed by atoms with van der Waals surface area (Å²) in [6.07, 6.45) is 4.23. The van der Waals surface area contributed by atoms with Crippen LogP contribution in [0.15, 0.2) is 88.0 Å². The lowest BCUT2D eigenvalue weighted by atomic mass is 9.48. The van der Waals surface area contributed by atoms with Gasteiger partial charge in [-0.3, -0.25) is 0 Å². The second-order valence-electron chi connectivity index (χ2n) is 8.41. The molecule has 2 bridgehead atoms. The van der Waals surface area contributed by atoms with E-state index in [2.05, 4.69) is 50.3 Å². The van der Waals surface area contributed by atoms with E-state index in [-0.39, 0.29) is 34.8 Å². The molecule has 0 saturated carbocycles. The highest BCUT2D eigenvalue weighted by Gasteiger charge is 2.62. The first kappa shape index (κ1) is 16.6. The summed E-state index contributed by atoms with van der Waals surface area (Å²) < 4.78 is 4.67. The van der Waals surface area contributed by atoms with Gasteiger partial charge in [0, 0.05) is 11.3 Å². The molecule has 5 nitrogen and oxygen atoms in total. The van der Waals surface area contributed by atoms with Crippen LogP contribution in [0.5, 0.6) is 0 Å². The standard InChI is InChI=1S/C24H21N3O2/c1-15-20(16-9-5-3-6-10-16)21-18-13-14-19(24(15,21)2)27-23(29)25(22(28)26(18)27)17-11-7-4-8-12-17/h3-14,18-19,21H,1-2H3/t18-,19-,21+,24+/m0/s1. The minimum absolute atomic E-state index is 0.157. The normalized spacial score (nSPS) is 28.8. The van der Waals surface area contributed by atoms with Crippen LogP contribution in [0.1, 0.15) is 31.5 Å². The Morgan fingerprint density at radius 3 is 2.14 bits per heavy atom. The van der Waals surface area contributed by atoms with Crippen molar-refractivity contribution < 1.29 is 0 Å². The van der Waals surface area contributed by atoms with Crippen LogP contribution in [0.2, 0.25) is 0 Å². The van der Waals surface area contributed by atoms with Crippen molar-refractivity contribution in [1.82, 2.24) is 13.9 Å². The maximum atomic E-state index is 13.4. The van der Waals surface area contributed by atoms with Gasteiger partial charge >= 0.3 is 11.4 Å². The number of allylic oxidation sites excluding steroid dienone is 4. The Hall–Kier alpha value is -3.34. The molecule has 0 saturated heterocycles. The molecule has 2 aliphatic carbocycles. The van der Waals surface area contributed by atoms with Crippen molar-refractivity contribution in [1.29, 1.82) is 0 Å². The molecule has 0 amide bonds. The Morgan fingerprint density at radius 1 is 0.828 bits per heavy atom. The van der Waals surface area contributed by atoms with Crippen LogP contribution >= 0.6 is 0 Å². The van der Waals surface area contributed by atoms with E-state index in [0.717, 1.165) is 0 Å². The molecule has 0 radical (unpaired) electrons. The molecular formula is C24H21N3O2. The number of rotatable bonds is 2. The zero-order valence-corrected chi connectivity index (χ0v) is 16.3. The number of hydrogen-bond donors (Lipinski definition) is 0.